The Morgan fingerprint density at radius 2 is 1.64 bits per heavy atom. The van der Waals surface area contributed by atoms with Crippen molar-refractivity contribution in [1.82, 2.24) is 0 Å². The maximum Gasteiger partial charge on any atom is 0.333 e. The van der Waals surface area contributed by atoms with Crippen molar-refractivity contribution in [1.29, 1.82) is 0 Å². The third kappa shape index (κ3) is 12.7. The molecule has 0 radical (unpaired) electrons. The normalized spacial score (nSPS) is 9.96. The van der Waals surface area contributed by atoms with Crippen molar-refractivity contribution in [2.45, 2.75) is 52.4 Å². The maximum absolute atomic E-state index is 11.1. The van der Waals surface area contributed by atoms with Crippen LogP contribution in [0.15, 0.2) is 60.7 Å². The van der Waals surface area contributed by atoms with Crippen LogP contribution in [0.3, 0.4) is 0 Å². The maximum atomic E-state index is 11.1. The fourth-order valence-corrected chi connectivity index (χ4v) is 2.07. The van der Waals surface area contributed by atoms with E-state index in [-0.39, 0.29) is 11.9 Å². The molecule has 0 N–H and O–H groups in total. The van der Waals surface area contributed by atoms with Gasteiger partial charge in [-0.2, -0.15) is 0 Å². The second kappa shape index (κ2) is 16.5. The molecule has 0 saturated heterocycles. The van der Waals surface area contributed by atoms with Gasteiger partial charge in [0.1, 0.15) is 0 Å². The molecule has 0 saturated carbocycles. The Bertz CT molecular complexity index is 629. The van der Waals surface area contributed by atoms with Crippen molar-refractivity contribution in [2.24, 2.45) is 0 Å². The van der Waals surface area contributed by atoms with Gasteiger partial charge in [0.25, 0.3) is 0 Å². The summed E-state index contributed by atoms with van der Waals surface area (Å²) in [6, 6.07) is 9.89. The molecule has 0 aliphatic carbocycles. The summed E-state index contributed by atoms with van der Waals surface area (Å²) in [5, 5.41) is 0. The number of carbonyl (C=O) groups excluding carboxylic acids is 2. The van der Waals surface area contributed by atoms with E-state index in [1.54, 1.807) is 0 Å². The summed E-state index contributed by atoms with van der Waals surface area (Å²) < 4.78 is 9.55. The third-order valence-electron chi connectivity index (χ3n) is 3.89. The molecular weight excluding hydrogens is 352 g/mol. The first-order valence-electron chi connectivity index (χ1n) is 9.78. The van der Waals surface area contributed by atoms with Gasteiger partial charge in [0.05, 0.1) is 13.7 Å². The third-order valence-corrected chi connectivity index (χ3v) is 3.89. The predicted octanol–water partition coefficient (Wildman–Crippen LogP) is 5.90. The molecule has 0 amide bonds. The quantitative estimate of drug-likeness (QED) is 0.270. The van der Waals surface area contributed by atoms with E-state index in [9.17, 15) is 9.59 Å². The minimum Gasteiger partial charge on any atom is -0.466 e. The predicted molar refractivity (Wildman–Crippen MR) is 116 cm³/mol. The van der Waals surface area contributed by atoms with Crippen LogP contribution in [0.25, 0.3) is 6.08 Å². The molecule has 0 aliphatic heterocycles. The van der Waals surface area contributed by atoms with Crippen LogP contribution < -0.4 is 0 Å². The van der Waals surface area contributed by atoms with Gasteiger partial charge >= 0.3 is 11.9 Å². The minimum atomic E-state index is -0.354. The van der Waals surface area contributed by atoms with Crippen molar-refractivity contribution >= 4 is 18.0 Å². The first-order valence-corrected chi connectivity index (χ1v) is 9.78. The number of methoxy groups -OCH3 is 1. The first-order chi connectivity index (χ1) is 13.5. The van der Waals surface area contributed by atoms with Gasteiger partial charge in [0, 0.05) is 11.1 Å². The van der Waals surface area contributed by atoms with E-state index in [4.69, 9.17) is 4.74 Å². The van der Waals surface area contributed by atoms with Crippen LogP contribution in [0.5, 0.6) is 0 Å². The number of benzene rings is 1. The molecule has 0 aromatic heterocycles. The molecule has 0 atom stereocenters. The summed E-state index contributed by atoms with van der Waals surface area (Å²) in [6.07, 6.45) is 9.57. The van der Waals surface area contributed by atoms with Crippen LogP contribution in [0.4, 0.5) is 0 Å². The van der Waals surface area contributed by atoms with Crippen LogP contribution in [-0.4, -0.2) is 25.7 Å². The molecule has 0 unspecified atom stereocenters. The summed E-state index contributed by atoms with van der Waals surface area (Å²) in [5.74, 6) is -0.591. The molecule has 1 aromatic carbocycles. The van der Waals surface area contributed by atoms with Crippen LogP contribution in [0.1, 0.15) is 57.9 Å². The number of carbonyl (C=O) groups is 2. The highest BCUT2D eigenvalue weighted by atomic mass is 16.5. The summed E-state index contributed by atoms with van der Waals surface area (Å²) in [6.45, 7) is 11.8. The lowest BCUT2D eigenvalue weighted by molar-refractivity contribution is -0.139. The lowest BCUT2D eigenvalue weighted by atomic mass is 10.1. The van der Waals surface area contributed by atoms with Crippen molar-refractivity contribution in [2.75, 3.05) is 13.7 Å². The Labute approximate surface area is 169 Å². The molecule has 4 heteroatoms. The number of allylic oxidation sites excluding steroid dienone is 1. The summed E-state index contributed by atoms with van der Waals surface area (Å²) in [7, 11) is 1.36. The molecule has 0 heterocycles. The van der Waals surface area contributed by atoms with Gasteiger partial charge in [-0.3, -0.25) is 0 Å². The fraction of sp³-hybridized carbons (Fsp3) is 0.417. The van der Waals surface area contributed by atoms with Crippen LogP contribution in [-0.2, 0) is 19.1 Å². The average Bonchev–Trinajstić information content (AvgIpc) is 2.73. The van der Waals surface area contributed by atoms with Crippen molar-refractivity contribution in [3.63, 3.8) is 0 Å². The zero-order valence-corrected chi connectivity index (χ0v) is 17.5. The fourth-order valence-electron chi connectivity index (χ4n) is 2.07. The van der Waals surface area contributed by atoms with Gasteiger partial charge in [-0.15, -0.1) is 0 Å². The molecule has 0 spiro atoms. The van der Waals surface area contributed by atoms with E-state index < -0.39 is 0 Å². The smallest absolute Gasteiger partial charge is 0.333 e. The molecule has 154 valence electrons. The van der Waals surface area contributed by atoms with Crippen LogP contribution in [0, 0.1) is 0 Å². The van der Waals surface area contributed by atoms with E-state index in [2.05, 4.69) is 24.8 Å². The van der Waals surface area contributed by atoms with Gasteiger partial charge in [-0.1, -0.05) is 88.8 Å². The van der Waals surface area contributed by atoms with E-state index >= 15 is 0 Å². The minimum absolute atomic E-state index is 0.237. The van der Waals surface area contributed by atoms with Crippen molar-refractivity contribution in [3.05, 3.63) is 66.3 Å². The highest BCUT2D eigenvalue weighted by molar-refractivity contribution is 5.88. The highest BCUT2D eigenvalue weighted by Gasteiger charge is 2.04. The summed E-state index contributed by atoms with van der Waals surface area (Å²) in [5.41, 5.74) is 2.13. The van der Waals surface area contributed by atoms with Crippen molar-refractivity contribution in [3.8, 4) is 0 Å². The number of hydrogen-bond acceptors (Lipinski definition) is 4. The number of esters is 2. The number of unbranched alkanes of at least 4 members (excludes halogenated alkanes) is 3. The van der Waals surface area contributed by atoms with E-state index in [0.29, 0.717) is 30.6 Å². The molecule has 0 fully saturated rings. The Morgan fingerprint density at radius 3 is 2.21 bits per heavy atom. The SMILES string of the molecule is C=C(CC)C(=O)OCCCCCC.C=C(CC=Cc1ccccc1)C(=O)OC. The molecular formula is C24H34O4. The summed E-state index contributed by atoms with van der Waals surface area (Å²) >= 11 is 0. The standard InChI is InChI=1S/C13H14O2.C11H20O2/c1-11(13(14)15-2)7-6-10-12-8-4-3-5-9-12;1-4-6-7-8-9-13-11(12)10(3)5-2/h3-6,8-10H,1,7H2,2H3;3-9H2,1-2H3. The van der Waals surface area contributed by atoms with Gasteiger partial charge in [0.15, 0.2) is 0 Å². The van der Waals surface area contributed by atoms with Gasteiger partial charge in [-0.25, -0.2) is 9.59 Å². The average molecular weight is 387 g/mol. The van der Waals surface area contributed by atoms with E-state index in [1.807, 2.05) is 49.4 Å². The Balaban J connectivity index is 0.000000528. The molecule has 1 aromatic rings. The number of rotatable bonds is 11. The second-order valence-corrected chi connectivity index (χ2v) is 6.27. The van der Waals surface area contributed by atoms with Gasteiger partial charge < -0.3 is 9.47 Å². The first kappa shape index (κ1) is 25.4. The Hall–Kier alpha value is -2.62. The zero-order valence-electron chi connectivity index (χ0n) is 17.5. The largest absolute Gasteiger partial charge is 0.466 e. The van der Waals surface area contributed by atoms with Gasteiger partial charge in [-0.05, 0) is 24.8 Å². The van der Waals surface area contributed by atoms with Crippen molar-refractivity contribution < 1.29 is 19.1 Å². The monoisotopic (exact) mass is 386 g/mol. The topological polar surface area (TPSA) is 52.6 Å². The molecule has 4 nitrogen and oxygen atoms in total. The van der Waals surface area contributed by atoms with Gasteiger partial charge in [0.2, 0.25) is 0 Å². The van der Waals surface area contributed by atoms with Crippen LogP contribution in [0.2, 0.25) is 0 Å². The Kier molecular flexibility index (Phi) is 15.0. The lowest BCUT2D eigenvalue weighted by Gasteiger charge is -2.04. The second-order valence-electron chi connectivity index (χ2n) is 6.27. The number of ether oxygens (including phenoxy) is 2. The Morgan fingerprint density at radius 1 is 0.964 bits per heavy atom. The molecule has 1 rings (SSSR count). The lowest BCUT2D eigenvalue weighted by Crippen LogP contribution is -2.07. The molecule has 0 aliphatic rings. The van der Waals surface area contributed by atoms with E-state index in [0.717, 1.165) is 18.4 Å². The molecule has 28 heavy (non-hydrogen) atoms. The zero-order chi connectivity index (χ0) is 21.2. The summed E-state index contributed by atoms with van der Waals surface area (Å²) in [4.78, 5) is 22.1. The highest BCUT2D eigenvalue weighted by Crippen LogP contribution is 2.06. The molecule has 0 bridgehead atoms. The van der Waals surface area contributed by atoms with E-state index in [1.165, 1.54) is 20.0 Å². The van der Waals surface area contributed by atoms with Crippen LogP contribution >= 0.6 is 0 Å². The number of hydrogen-bond donors (Lipinski definition) is 0.